The standard InChI is InChI=1S/C13H20N4O2/c1-10(9-17-6-2-3-7-17)8-15-13-14-5-4-11(16-13)12(18)19/h4-5,10H,2-3,6-9H2,1H3,(H,18,19)(H,14,15,16). The molecule has 6 heteroatoms. The fourth-order valence-corrected chi connectivity index (χ4v) is 2.30. The zero-order valence-corrected chi connectivity index (χ0v) is 11.2. The van der Waals surface area contributed by atoms with Crippen molar-refractivity contribution in [2.75, 3.05) is 31.5 Å². The summed E-state index contributed by atoms with van der Waals surface area (Å²) in [5.74, 6) is -0.168. The van der Waals surface area contributed by atoms with Crippen LogP contribution in [0, 0.1) is 5.92 Å². The van der Waals surface area contributed by atoms with Gasteiger partial charge in [0.1, 0.15) is 0 Å². The fourth-order valence-electron chi connectivity index (χ4n) is 2.30. The maximum atomic E-state index is 10.8. The van der Waals surface area contributed by atoms with Crippen LogP contribution in [0.2, 0.25) is 0 Å². The smallest absolute Gasteiger partial charge is 0.354 e. The third-order valence-corrected chi connectivity index (χ3v) is 3.25. The van der Waals surface area contributed by atoms with Gasteiger partial charge in [0.2, 0.25) is 5.95 Å². The number of nitrogens with zero attached hydrogens (tertiary/aromatic N) is 3. The zero-order valence-electron chi connectivity index (χ0n) is 11.2. The monoisotopic (exact) mass is 264 g/mol. The summed E-state index contributed by atoms with van der Waals surface area (Å²) in [5, 5.41) is 12.0. The van der Waals surface area contributed by atoms with E-state index in [2.05, 4.69) is 27.1 Å². The molecule has 1 aromatic heterocycles. The maximum absolute atomic E-state index is 10.8. The van der Waals surface area contributed by atoms with Crippen molar-refractivity contribution in [1.29, 1.82) is 0 Å². The van der Waals surface area contributed by atoms with Crippen LogP contribution in [-0.4, -0.2) is 52.1 Å². The van der Waals surface area contributed by atoms with Crippen molar-refractivity contribution in [3.8, 4) is 0 Å². The molecule has 0 radical (unpaired) electrons. The fraction of sp³-hybridized carbons (Fsp3) is 0.615. The topological polar surface area (TPSA) is 78.3 Å². The van der Waals surface area contributed by atoms with Gasteiger partial charge in [0.15, 0.2) is 5.69 Å². The van der Waals surface area contributed by atoms with E-state index in [4.69, 9.17) is 5.11 Å². The summed E-state index contributed by atoms with van der Waals surface area (Å²) in [4.78, 5) is 21.2. The van der Waals surface area contributed by atoms with Crippen molar-refractivity contribution >= 4 is 11.9 Å². The predicted molar refractivity (Wildman–Crippen MR) is 72.3 cm³/mol. The lowest BCUT2D eigenvalue weighted by Crippen LogP contribution is -2.29. The number of carbonyl (C=O) groups is 1. The molecule has 1 aromatic rings. The van der Waals surface area contributed by atoms with Crippen molar-refractivity contribution in [1.82, 2.24) is 14.9 Å². The summed E-state index contributed by atoms with van der Waals surface area (Å²) in [5.41, 5.74) is 0.0182. The highest BCUT2D eigenvalue weighted by Gasteiger charge is 2.14. The quantitative estimate of drug-likeness (QED) is 0.806. The Morgan fingerprint density at radius 2 is 2.26 bits per heavy atom. The molecular weight excluding hydrogens is 244 g/mol. The highest BCUT2D eigenvalue weighted by molar-refractivity contribution is 5.85. The Hall–Kier alpha value is -1.69. The lowest BCUT2D eigenvalue weighted by Gasteiger charge is -2.20. The SMILES string of the molecule is CC(CNc1nccc(C(=O)O)n1)CN1CCCC1. The molecule has 0 aromatic carbocycles. The van der Waals surface area contributed by atoms with Crippen molar-refractivity contribution in [2.45, 2.75) is 19.8 Å². The van der Waals surface area contributed by atoms with E-state index < -0.39 is 5.97 Å². The molecule has 0 spiro atoms. The molecule has 1 saturated heterocycles. The van der Waals surface area contributed by atoms with Crippen LogP contribution in [0.3, 0.4) is 0 Å². The molecule has 0 bridgehead atoms. The lowest BCUT2D eigenvalue weighted by molar-refractivity contribution is 0.0690. The summed E-state index contributed by atoms with van der Waals surface area (Å²) < 4.78 is 0. The summed E-state index contributed by atoms with van der Waals surface area (Å²) >= 11 is 0. The molecule has 6 nitrogen and oxygen atoms in total. The van der Waals surface area contributed by atoms with Crippen LogP contribution in [0.25, 0.3) is 0 Å². The van der Waals surface area contributed by atoms with E-state index in [1.54, 1.807) is 0 Å². The molecule has 0 saturated carbocycles. The summed E-state index contributed by atoms with van der Waals surface area (Å²) in [6, 6.07) is 1.39. The van der Waals surface area contributed by atoms with Crippen LogP contribution in [-0.2, 0) is 0 Å². The number of likely N-dealkylation sites (tertiary alicyclic amines) is 1. The van der Waals surface area contributed by atoms with Crippen molar-refractivity contribution < 1.29 is 9.90 Å². The first kappa shape index (κ1) is 13.7. The van der Waals surface area contributed by atoms with Crippen LogP contribution in [0.5, 0.6) is 0 Å². The normalized spacial score (nSPS) is 17.3. The Kier molecular flexibility index (Phi) is 4.68. The van der Waals surface area contributed by atoms with Gasteiger partial charge in [0, 0.05) is 19.3 Å². The van der Waals surface area contributed by atoms with Crippen LogP contribution in [0.4, 0.5) is 5.95 Å². The molecule has 19 heavy (non-hydrogen) atoms. The minimum absolute atomic E-state index is 0.0182. The Bertz CT molecular complexity index is 432. The van der Waals surface area contributed by atoms with Crippen LogP contribution in [0.1, 0.15) is 30.3 Å². The van der Waals surface area contributed by atoms with Gasteiger partial charge in [0.25, 0.3) is 0 Å². The van der Waals surface area contributed by atoms with E-state index in [-0.39, 0.29) is 5.69 Å². The Morgan fingerprint density at radius 3 is 2.95 bits per heavy atom. The molecular formula is C13H20N4O2. The molecule has 0 aliphatic carbocycles. The van der Waals surface area contributed by atoms with E-state index in [1.165, 1.54) is 38.2 Å². The van der Waals surface area contributed by atoms with Gasteiger partial charge in [-0.05, 0) is 37.9 Å². The minimum Gasteiger partial charge on any atom is -0.477 e. The van der Waals surface area contributed by atoms with Crippen molar-refractivity contribution in [3.05, 3.63) is 18.0 Å². The molecule has 104 valence electrons. The highest BCUT2D eigenvalue weighted by atomic mass is 16.4. The minimum atomic E-state index is -1.03. The third kappa shape index (κ3) is 4.17. The van der Waals surface area contributed by atoms with Gasteiger partial charge in [-0.1, -0.05) is 6.92 Å². The maximum Gasteiger partial charge on any atom is 0.354 e. The Labute approximate surface area is 112 Å². The second-order valence-electron chi connectivity index (χ2n) is 5.06. The third-order valence-electron chi connectivity index (χ3n) is 3.25. The molecule has 2 heterocycles. The molecule has 1 aliphatic heterocycles. The highest BCUT2D eigenvalue weighted by Crippen LogP contribution is 2.10. The second-order valence-corrected chi connectivity index (χ2v) is 5.06. The number of nitrogens with one attached hydrogen (secondary N) is 1. The lowest BCUT2D eigenvalue weighted by atomic mass is 10.1. The van der Waals surface area contributed by atoms with Crippen LogP contribution < -0.4 is 5.32 Å². The van der Waals surface area contributed by atoms with Gasteiger partial charge >= 0.3 is 5.97 Å². The Balaban J connectivity index is 1.80. The number of aromatic carboxylic acids is 1. The summed E-state index contributed by atoms with van der Waals surface area (Å²) in [7, 11) is 0. The van der Waals surface area contributed by atoms with Gasteiger partial charge < -0.3 is 15.3 Å². The molecule has 1 atom stereocenters. The van der Waals surface area contributed by atoms with Crippen molar-refractivity contribution in [3.63, 3.8) is 0 Å². The molecule has 2 N–H and O–H groups in total. The zero-order chi connectivity index (χ0) is 13.7. The predicted octanol–water partition coefficient (Wildman–Crippen LogP) is 1.32. The molecule has 1 unspecified atom stereocenters. The van der Waals surface area contributed by atoms with E-state index >= 15 is 0 Å². The van der Waals surface area contributed by atoms with Crippen LogP contribution in [0.15, 0.2) is 12.3 Å². The number of rotatable bonds is 6. The first-order valence-corrected chi connectivity index (χ1v) is 6.67. The van der Waals surface area contributed by atoms with E-state index in [0.717, 1.165) is 13.1 Å². The number of carboxylic acids is 1. The first-order valence-electron chi connectivity index (χ1n) is 6.67. The number of carboxylic acid groups (broad SMARTS) is 1. The molecule has 0 amide bonds. The first-order chi connectivity index (χ1) is 9.15. The van der Waals surface area contributed by atoms with E-state index in [1.807, 2.05) is 0 Å². The number of anilines is 1. The van der Waals surface area contributed by atoms with Gasteiger partial charge in [0.05, 0.1) is 0 Å². The Morgan fingerprint density at radius 1 is 1.53 bits per heavy atom. The van der Waals surface area contributed by atoms with Gasteiger partial charge in [-0.25, -0.2) is 14.8 Å². The van der Waals surface area contributed by atoms with Crippen molar-refractivity contribution in [2.24, 2.45) is 5.92 Å². The molecule has 2 rings (SSSR count). The van der Waals surface area contributed by atoms with E-state index in [9.17, 15) is 4.79 Å². The van der Waals surface area contributed by atoms with Gasteiger partial charge in [-0.3, -0.25) is 0 Å². The number of aromatic nitrogens is 2. The molecule has 1 aliphatic rings. The summed E-state index contributed by atoms with van der Waals surface area (Å²) in [6.07, 6.45) is 4.05. The van der Waals surface area contributed by atoms with Gasteiger partial charge in [-0.15, -0.1) is 0 Å². The average Bonchev–Trinajstić information content (AvgIpc) is 2.89. The average molecular weight is 264 g/mol. The largest absolute Gasteiger partial charge is 0.477 e. The van der Waals surface area contributed by atoms with E-state index in [0.29, 0.717) is 11.9 Å². The molecule has 1 fully saturated rings. The number of hydrogen-bond donors (Lipinski definition) is 2. The second kappa shape index (κ2) is 6.47. The van der Waals surface area contributed by atoms with Crippen LogP contribution >= 0.6 is 0 Å². The van der Waals surface area contributed by atoms with Gasteiger partial charge in [-0.2, -0.15) is 0 Å². The number of hydrogen-bond acceptors (Lipinski definition) is 5. The summed E-state index contributed by atoms with van der Waals surface area (Å²) in [6.45, 7) is 6.36.